The maximum atomic E-state index is 14.1. The summed E-state index contributed by atoms with van der Waals surface area (Å²) in [4.78, 5) is 41.1. The van der Waals surface area contributed by atoms with E-state index in [-0.39, 0.29) is 23.5 Å². The third kappa shape index (κ3) is 2.60. The van der Waals surface area contributed by atoms with Crippen molar-refractivity contribution in [2.24, 2.45) is 5.41 Å². The minimum absolute atomic E-state index is 0.171. The van der Waals surface area contributed by atoms with E-state index in [9.17, 15) is 18.8 Å². The molecule has 31 heavy (non-hydrogen) atoms. The van der Waals surface area contributed by atoms with E-state index in [4.69, 9.17) is 9.47 Å². The molecule has 2 aliphatic heterocycles. The van der Waals surface area contributed by atoms with E-state index in [1.54, 1.807) is 18.2 Å². The van der Waals surface area contributed by atoms with Crippen molar-refractivity contribution in [1.29, 1.82) is 0 Å². The molecule has 5 rings (SSSR count). The smallest absolute Gasteiger partial charge is 0.414 e. The van der Waals surface area contributed by atoms with Gasteiger partial charge in [-0.2, -0.15) is 0 Å². The molecule has 1 saturated heterocycles. The second-order valence-electron chi connectivity index (χ2n) is 8.76. The predicted molar refractivity (Wildman–Crippen MR) is 110 cm³/mol. The van der Waals surface area contributed by atoms with Crippen LogP contribution in [0.4, 0.5) is 26.2 Å². The molecule has 7 nitrogen and oxygen atoms in total. The molecule has 2 amide bonds. The van der Waals surface area contributed by atoms with E-state index in [1.807, 2.05) is 13.8 Å². The number of rotatable bonds is 3. The van der Waals surface area contributed by atoms with Crippen LogP contribution in [0.3, 0.4) is 0 Å². The van der Waals surface area contributed by atoms with Gasteiger partial charge in [0.2, 0.25) is 5.91 Å². The predicted octanol–water partition coefficient (Wildman–Crippen LogP) is 3.91. The zero-order chi connectivity index (χ0) is 22.1. The lowest BCUT2D eigenvalue weighted by molar-refractivity contribution is -0.120. The Bertz CT molecular complexity index is 1160. The summed E-state index contributed by atoms with van der Waals surface area (Å²) in [6, 6.07) is 9.07. The van der Waals surface area contributed by atoms with Gasteiger partial charge in [-0.05, 0) is 53.8 Å². The lowest BCUT2D eigenvalue weighted by atomic mass is 9.89. The lowest BCUT2D eigenvalue weighted by Gasteiger charge is -2.22. The molecule has 0 aromatic heterocycles. The Morgan fingerprint density at radius 3 is 2.45 bits per heavy atom. The van der Waals surface area contributed by atoms with E-state index >= 15 is 0 Å². The number of hydrogen-bond acceptors (Lipinski definition) is 5. The molecule has 0 N–H and O–H groups in total. The topological polar surface area (TPSA) is 76.2 Å². The van der Waals surface area contributed by atoms with Crippen molar-refractivity contribution in [1.82, 2.24) is 0 Å². The fourth-order valence-corrected chi connectivity index (χ4v) is 4.90. The van der Waals surface area contributed by atoms with Crippen molar-refractivity contribution < 1.29 is 28.2 Å². The number of halogens is 1. The highest BCUT2D eigenvalue weighted by Crippen LogP contribution is 2.70. The first-order valence-corrected chi connectivity index (χ1v) is 10.0. The van der Waals surface area contributed by atoms with Crippen molar-refractivity contribution in [3.05, 3.63) is 53.3 Å². The molecule has 2 aromatic rings. The number of anilines is 3. The Morgan fingerprint density at radius 2 is 1.84 bits per heavy atom. The first kappa shape index (κ1) is 19.5. The molecule has 1 aliphatic carbocycles. The fourth-order valence-electron chi connectivity index (χ4n) is 4.90. The first-order chi connectivity index (χ1) is 14.7. The summed E-state index contributed by atoms with van der Waals surface area (Å²) >= 11 is 0. The molecule has 0 unspecified atom stereocenters. The van der Waals surface area contributed by atoms with Crippen LogP contribution < -0.4 is 9.80 Å². The molecule has 1 spiro atoms. The van der Waals surface area contributed by atoms with E-state index in [0.717, 1.165) is 0 Å². The van der Waals surface area contributed by atoms with Gasteiger partial charge in [0, 0.05) is 0 Å². The Hall–Kier alpha value is -3.42. The molecule has 2 aromatic carbocycles. The molecule has 3 aliphatic rings. The highest BCUT2D eigenvalue weighted by molar-refractivity contribution is 6.16. The molecule has 2 heterocycles. The summed E-state index contributed by atoms with van der Waals surface area (Å²) in [6.45, 7) is 4.54. The summed E-state index contributed by atoms with van der Waals surface area (Å²) in [6.07, 6.45) is 0.0799. The number of ether oxygens (including phenoxy) is 2. The molecule has 1 atom stereocenters. The minimum Gasteiger partial charge on any atom is -0.465 e. The van der Waals surface area contributed by atoms with Gasteiger partial charge >= 0.3 is 12.1 Å². The summed E-state index contributed by atoms with van der Waals surface area (Å²) in [5.74, 6) is -1.17. The van der Waals surface area contributed by atoms with Crippen LogP contribution in [-0.2, 0) is 19.7 Å². The largest absolute Gasteiger partial charge is 0.465 e. The Balaban J connectivity index is 1.69. The molecule has 1 saturated carbocycles. The van der Waals surface area contributed by atoms with Crippen molar-refractivity contribution >= 4 is 35.0 Å². The van der Waals surface area contributed by atoms with Gasteiger partial charge in [0.05, 0.1) is 41.7 Å². The van der Waals surface area contributed by atoms with Crippen LogP contribution in [0.2, 0.25) is 0 Å². The number of cyclic esters (lactones) is 1. The summed E-state index contributed by atoms with van der Waals surface area (Å²) in [5, 5.41) is 0. The molecule has 0 bridgehead atoms. The van der Waals surface area contributed by atoms with Crippen molar-refractivity contribution in [2.45, 2.75) is 25.7 Å². The minimum atomic E-state index is -0.807. The zero-order valence-corrected chi connectivity index (χ0v) is 17.4. The van der Waals surface area contributed by atoms with Gasteiger partial charge in [-0.25, -0.2) is 14.0 Å². The number of carbonyl (C=O) groups excluding carboxylic acids is 3. The van der Waals surface area contributed by atoms with Crippen LogP contribution in [0.25, 0.3) is 0 Å². The Kier molecular flexibility index (Phi) is 3.96. The third-order valence-corrected chi connectivity index (χ3v) is 6.62. The van der Waals surface area contributed by atoms with Crippen LogP contribution in [0.15, 0.2) is 36.4 Å². The summed E-state index contributed by atoms with van der Waals surface area (Å²) in [5.41, 5.74) is 1.13. The molecule has 0 radical (unpaired) electrons. The molecule has 2 fully saturated rings. The molecular weight excluding hydrogens is 403 g/mol. The maximum Gasteiger partial charge on any atom is 0.414 e. The van der Waals surface area contributed by atoms with Crippen LogP contribution in [-0.4, -0.2) is 38.2 Å². The summed E-state index contributed by atoms with van der Waals surface area (Å²) < 4.78 is 24.0. The van der Waals surface area contributed by atoms with E-state index in [0.29, 0.717) is 35.6 Å². The number of benzene rings is 2. The number of nitrogens with zero attached hydrogens (tertiary/aromatic N) is 2. The average Bonchev–Trinajstić information content (AvgIpc) is 2.99. The zero-order valence-electron chi connectivity index (χ0n) is 17.4. The average molecular weight is 424 g/mol. The standard InChI is InChI=1S/C23H21FN2O5/c1-22(2)12-23(22)17-10-14(24)4-5-18(17)26(20(23)28)16-9-13(19(27)30-3)8-15(11-16)25-6-7-31-21(25)29/h4-5,8-11H,6-7,12H2,1-3H3/t23-/m0/s1. The van der Waals surface area contributed by atoms with Gasteiger partial charge < -0.3 is 9.47 Å². The van der Waals surface area contributed by atoms with Gasteiger partial charge in [-0.1, -0.05) is 13.8 Å². The highest BCUT2D eigenvalue weighted by atomic mass is 19.1. The van der Waals surface area contributed by atoms with Gasteiger partial charge in [-0.15, -0.1) is 0 Å². The SMILES string of the molecule is COC(=O)c1cc(N2CCOC2=O)cc(N2C(=O)[C@]3(CC3(C)C)c3cc(F)ccc32)c1. The highest BCUT2D eigenvalue weighted by Gasteiger charge is 2.72. The van der Waals surface area contributed by atoms with Crippen LogP contribution in [0, 0.1) is 11.2 Å². The quantitative estimate of drug-likeness (QED) is 0.699. The number of hydrogen-bond donors (Lipinski definition) is 0. The van der Waals surface area contributed by atoms with E-state index < -0.39 is 23.3 Å². The normalized spacial score (nSPS) is 23.2. The number of esters is 1. The molecule has 8 heteroatoms. The number of methoxy groups -OCH3 is 1. The van der Waals surface area contributed by atoms with Gasteiger partial charge in [0.15, 0.2) is 0 Å². The maximum absolute atomic E-state index is 14.1. The van der Waals surface area contributed by atoms with Gasteiger partial charge in [0.25, 0.3) is 0 Å². The molecule has 160 valence electrons. The Labute approximate surface area is 178 Å². The second-order valence-corrected chi connectivity index (χ2v) is 8.76. The van der Waals surface area contributed by atoms with Crippen LogP contribution >= 0.6 is 0 Å². The molecular formula is C23H21FN2O5. The van der Waals surface area contributed by atoms with Crippen molar-refractivity contribution in [3.8, 4) is 0 Å². The number of amides is 2. The van der Waals surface area contributed by atoms with E-state index in [1.165, 1.54) is 35.1 Å². The number of carbonyl (C=O) groups is 3. The summed E-state index contributed by atoms with van der Waals surface area (Å²) in [7, 11) is 1.26. The second kappa shape index (κ2) is 6.29. The Morgan fingerprint density at radius 1 is 1.13 bits per heavy atom. The first-order valence-electron chi connectivity index (χ1n) is 10.0. The van der Waals surface area contributed by atoms with Crippen molar-refractivity contribution in [3.63, 3.8) is 0 Å². The van der Waals surface area contributed by atoms with Crippen molar-refractivity contribution in [2.75, 3.05) is 30.1 Å². The van der Waals surface area contributed by atoms with Crippen LogP contribution in [0.5, 0.6) is 0 Å². The van der Waals surface area contributed by atoms with Crippen LogP contribution in [0.1, 0.15) is 36.2 Å². The monoisotopic (exact) mass is 424 g/mol. The van der Waals surface area contributed by atoms with Gasteiger partial charge in [0.1, 0.15) is 12.4 Å². The lowest BCUT2D eigenvalue weighted by Crippen LogP contribution is -2.31. The third-order valence-electron chi connectivity index (χ3n) is 6.62. The van der Waals surface area contributed by atoms with E-state index in [2.05, 4.69) is 0 Å². The fraction of sp³-hybridized carbons (Fsp3) is 0.348. The number of fused-ring (bicyclic) bond motifs is 2. The van der Waals surface area contributed by atoms with Gasteiger partial charge in [-0.3, -0.25) is 14.6 Å².